The van der Waals surface area contributed by atoms with Crippen LogP contribution in [0.4, 0.5) is 30.6 Å². The van der Waals surface area contributed by atoms with Crippen molar-refractivity contribution in [1.82, 2.24) is 14.9 Å². The predicted octanol–water partition coefficient (Wildman–Crippen LogP) is 4.41. The zero-order valence-corrected chi connectivity index (χ0v) is 15.5. The normalized spacial score (nSPS) is 20.2. The van der Waals surface area contributed by atoms with Crippen LogP contribution in [0, 0.1) is 0 Å². The van der Waals surface area contributed by atoms with Crippen LogP contribution >= 0.6 is 0 Å². The molecule has 148 valence electrons. The van der Waals surface area contributed by atoms with Crippen molar-refractivity contribution in [2.24, 2.45) is 0 Å². The van der Waals surface area contributed by atoms with Crippen LogP contribution in [0.25, 0.3) is 0 Å². The SMILES string of the molecule is CCNc1nc(Nc2ccc3c(c2)[C@H]2CC[C@@H]3N2C(C)=O)ncc1C(F)(F)F. The molecule has 2 aliphatic rings. The first-order chi connectivity index (χ1) is 13.3. The monoisotopic (exact) mass is 391 g/mol. The van der Waals surface area contributed by atoms with Gasteiger partial charge >= 0.3 is 6.18 Å². The van der Waals surface area contributed by atoms with Gasteiger partial charge in [-0.15, -0.1) is 0 Å². The molecule has 0 radical (unpaired) electrons. The van der Waals surface area contributed by atoms with Crippen LogP contribution < -0.4 is 10.6 Å². The summed E-state index contributed by atoms with van der Waals surface area (Å²) < 4.78 is 39.3. The van der Waals surface area contributed by atoms with Gasteiger partial charge in [0.15, 0.2) is 0 Å². The summed E-state index contributed by atoms with van der Waals surface area (Å²) in [5.41, 5.74) is 1.99. The molecule has 0 aliphatic carbocycles. The summed E-state index contributed by atoms with van der Waals surface area (Å²) in [6, 6.07) is 5.92. The lowest BCUT2D eigenvalue weighted by Crippen LogP contribution is -2.24. The summed E-state index contributed by atoms with van der Waals surface area (Å²) in [6.45, 7) is 3.59. The maximum atomic E-state index is 13.1. The average Bonchev–Trinajstić information content (AvgIpc) is 3.18. The largest absolute Gasteiger partial charge is 0.421 e. The second-order valence-corrected chi connectivity index (χ2v) is 6.99. The Balaban J connectivity index is 1.62. The van der Waals surface area contributed by atoms with Crippen molar-refractivity contribution in [2.45, 2.75) is 44.9 Å². The van der Waals surface area contributed by atoms with Gasteiger partial charge in [0.1, 0.15) is 11.4 Å². The highest BCUT2D eigenvalue weighted by atomic mass is 19.4. The number of aromatic nitrogens is 2. The van der Waals surface area contributed by atoms with E-state index >= 15 is 0 Å². The first-order valence-electron chi connectivity index (χ1n) is 9.17. The molecule has 4 rings (SSSR count). The molecule has 0 saturated carbocycles. The molecule has 3 heterocycles. The first-order valence-corrected chi connectivity index (χ1v) is 9.17. The molecule has 2 aromatic rings. The summed E-state index contributed by atoms with van der Waals surface area (Å²) in [4.78, 5) is 21.7. The van der Waals surface area contributed by atoms with Crippen molar-refractivity contribution < 1.29 is 18.0 Å². The zero-order valence-electron chi connectivity index (χ0n) is 15.5. The van der Waals surface area contributed by atoms with E-state index in [1.807, 2.05) is 23.1 Å². The number of nitrogens with one attached hydrogen (secondary N) is 2. The van der Waals surface area contributed by atoms with E-state index in [1.54, 1.807) is 13.8 Å². The molecule has 0 unspecified atom stereocenters. The smallest absolute Gasteiger partial charge is 0.370 e. The summed E-state index contributed by atoms with van der Waals surface area (Å²) in [5.74, 6) is -0.120. The van der Waals surface area contributed by atoms with Crippen LogP contribution in [-0.2, 0) is 11.0 Å². The van der Waals surface area contributed by atoms with E-state index in [0.29, 0.717) is 12.2 Å². The Labute approximate surface area is 160 Å². The van der Waals surface area contributed by atoms with Crippen molar-refractivity contribution in [2.75, 3.05) is 17.2 Å². The van der Waals surface area contributed by atoms with E-state index < -0.39 is 11.7 Å². The predicted molar refractivity (Wildman–Crippen MR) is 98.2 cm³/mol. The van der Waals surface area contributed by atoms with E-state index in [4.69, 9.17) is 0 Å². The zero-order chi connectivity index (χ0) is 20.1. The highest BCUT2D eigenvalue weighted by Gasteiger charge is 2.45. The molecule has 2 N–H and O–H groups in total. The molecular formula is C19H20F3N5O. The first kappa shape index (κ1) is 18.5. The number of hydrogen-bond donors (Lipinski definition) is 2. The molecule has 9 heteroatoms. The van der Waals surface area contributed by atoms with E-state index in [0.717, 1.165) is 30.2 Å². The number of nitrogens with zero attached hydrogens (tertiary/aromatic N) is 3. The van der Waals surface area contributed by atoms with Crippen molar-refractivity contribution in [3.8, 4) is 0 Å². The lowest BCUT2D eigenvalue weighted by atomic mass is 9.91. The molecule has 1 saturated heterocycles. The molecule has 2 bridgehead atoms. The molecule has 1 aromatic carbocycles. The Morgan fingerprint density at radius 3 is 2.61 bits per heavy atom. The van der Waals surface area contributed by atoms with Crippen LogP contribution in [0.1, 0.15) is 55.5 Å². The molecular weight excluding hydrogens is 371 g/mol. The van der Waals surface area contributed by atoms with Crippen molar-refractivity contribution in [3.63, 3.8) is 0 Å². The molecule has 1 fully saturated rings. The van der Waals surface area contributed by atoms with Crippen LogP contribution in [0.15, 0.2) is 24.4 Å². The lowest BCUT2D eigenvalue weighted by molar-refractivity contribution is -0.137. The molecule has 6 nitrogen and oxygen atoms in total. The fraction of sp³-hybridized carbons (Fsp3) is 0.421. The Hall–Kier alpha value is -2.84. The standard InChI is InChI=1S/C19H20F3N5O/c1-3-23-17-14(19(20,21)22)9-24-18(26-17)25-11-4-5-12-13(8-11)16-7-6-15(12)27(16)10(2)28/h4-5,8-9,15-16H,3,6-7H2,1-2H3,(H2,23,24,25,26)/t15-,16+/m0/s1. The van der Waals surface area contributed by atoms with E-state index in [1.165, 1.54) is 0 Å². The fourth-order valence-electron chi connectivity index (χ4n) is 4.19. The molecule has 28 heavy (non-hydrogen) atoms. The van der Waals surface area contributed by atoms with Gasteiger partial charge in [-0.25, -0.2) is 4.98 Å². The third-order valence-corrected chi connectivity index (χ3v) is 5.25. The Bertz CT molecular complexity index is 930. The minimum absolute atomic E-state index is 0.0552. The van der Waals surface area contributed by atoms with Gasteiger partial charge in [-0.1, -0.05) is 6.07 Å². The minimum Gasteiger partial charge on any atom is -0.370 e. The van der Waals surface area contributed by atoms with Crippen molar-refractivity contribution >= 4 is 23.4 Å². The fourth-order valence-corrected chi connectivity index (χ4v) is 4.19. The second-order valence-electron chi connectivity index (χ2n) is 6.99. The number of alkyl halides is 3. The number of halogens is 3. The van der Waals surface area contributed by atoms with Gasteiger partial charge in [-0.3, -0.25) is 4.79 Å². The maximum absolute atomic E-state index is 13.1. The van der Waals surface area contributed by atoms with Crippen molar-refractivity contribution in [1.29, 1.82) is 0 Å². The maximum Gasteiger partial charge on any atom is 0.421 e. The Morgan fingerprint density at radius 1 is 1.25 bits per heavy atom. The van der Waals surface area contributed by atoms with Gasteiger partial charge in [0, 0.05) is 25.4 Å². The molecule has 2 atom stereocenters. The molecule has 0 spiro atoms. The number of anilines is 3. The van der Waals surface area contributed by atoms with Gasteiger partial charge in [0.05, 0.1) is 12.1 Å². The number of amides is 1. The van der Waals surface area contributed by atoms with Crippen molar-refractivity contribution in [3.05, 3.63) is 41.1 Å². The van der Waals surface area contributed by atoms with Crippen LogP contribution in [0.2, 0.25) is 0 Å². The number of benzene rings is 1. The summed E-state index contributed by atoms with van der Waals surface area (Å²) in [6.07, 6.45) is -1.88. The Kier molecular flexibility index (Phi) is 4.40. The quantitative estimate of drug-likeness (QED) is 0.808. The van der Waals surface area contributed by atoms with Gasteiger partial charge in [0.2, 0.25) is 11.9 Å². The number of rotatable bonds is 4. The summed E-state index contributed by atoms with van der Waals surface area (Å²) in [5, 5.41) is 5.62. The van der Waals surface area contributed by atoms with Crippen LogP contribution in [0.3, 0.4) is 0 Å². The Morgan fingerprint density at radius 2 is 1.96 bits per heavy atom. The number of fused-ring (bicyclic) bond motifs is 5. The minimum atomic E-state index is -4.53. The van der Waals surface area contributed by atoms with Crippen LogP contribution in [-0.4, -0.2) is 27.3 Å². The van der Waals surface area contributed by atoms with Gasteiger partial charge in [0.25, 0.3) is 0 Å². The summed E-state index contributed by atoms with van der Waals surface area (Å²) >= 11 is 0. The van der Waals surface area contributed by atoms with Gasteiger partial charge < -0.3 is 15.5 Å². The highest BCUT2D eigenvalue weighted by Crippen LogP contribution is 2.53. The number of carbonyl (C=O) groups is 1. The molecule has 1 amide bonds. The lowest BCUT2D eigenvalue weighted by Gasteiger charge is -2.20. The van der Waals surface area contributed by atoms with Gasteiger partial charge in [-0.2, -0.15) is 18.2 Å². The molecule has 2 aliphatic heterocycles. The number of carbonyl (C=O) groups excluding carboxylic acids is 1. The second kappa shape index (κ2) is 6.65. The van der Waals surface area contributed by atoms with Crippen LogP contribution in [0.5, 0.6) is 0 Å². The average molecular weight is 391 g/mol. The third kappa shape index (κ3) is 3.04. The topological polar surface area (TPSA) is 70.2 Å². The third-order valence-electron chi connectivity index (χ3n) is 5.25. The van der Waals surface area contributed by atoms with E-state index in [9.17, 15) is 18.0 Å². The number of hydrogen-bond acceptors (Lipinski definition) is 5. The summed E-state index contributed by atoms with van der Waals surface area (Å²) in [7, 11) is 0. The van der Waals surface area contributed by atoms with E-state index in [2.05, 4.69) is 20.6 Å². The van der Waals surface area contributed by atoms with Gasteiger partial charge in [-0.05, 0) is 43.0 Å². The molecule has 1 aromatic heterocycles. The van der Waals surface area contributed by atoms with E-state index in [-0.39, 0.29) is 29.8 Å². The highest BCUT2D eigenvalue weighted by molar-refractivity contribution is 5.77.